The van der Waals surface area contributed by atoms with Gasteiger partial charge in [0.05, 0.1) is 21.4 Å². The summed E-state index contributed by atoms with van der Waals surface area (Å²) in [6, 6.07) is 5.35. The molecular formula is C21H17F3N2O3S. The highest BCUT2D eigenvalue weighted by molar-refractivity contribution is 7.91. The zero-order valence-electron chi connectivity index (χ0n) is 15.6. The van der Waals surface area contributed by atoms with Crippen molar-refractivity contribution in [2.24, 2.45) is 0 Å². The van der Waals surface area contributed by atoms with E-state index in [9.17, 15) is 21.6 Å². The topological polar surface area (TPSA) is 59.5 Å². The van der Waals surface area contributed by atoms with Gasteiger partial charge in [-0.25, -0.2) is 8.42 Å². The number of likely N-dealkylation sites (tertiary alicyclic amines) is 1. The van der Waals surface area contributed by atoms with Crippen LogP contribution >= 0.6 is 0 Å². The van der Waals surface area contributed by atoms with E-state index >= 15 is 0 Å². The van der Waals surface area contributed by atoms with E-state index in [1.807, 2.05) is 6.08 Å². The number of hydrogen-bond donors (Lipinski definition) is 0. The van der Waals surface area contributed by atoms with E-state index in [4.69, 9.17) is 4.74 Å². The highest BCUT2D eigenvalue weighted by Gasteiger charge is 2.41. The van der Waals surface area contributed by atoms with Gasteiger partial charge in [0.25, 0.3) is 0 Å². The van der Waals surface area contributed by atoms with Crippen molar-refractivity contribution in [2.45, 2.75) is 34.3 Å². The number of allylic oxidation sites excluding steroid dienone is 3. The zero-order valence-corrected chi connectivity index (χ0v) is 16.4. The third-order valence-electron chi connectivity index (χ3n) is 5.87. The molecule has 1 aromatic carbocycles. The summed E-state index contributed by atoms with van der Waals surface area (Å²) >= 11 is 0. The molecule has 2 aromatic rings. The minimum atomic E-state index is -4.67. The fraction of sp³-hybridized carbons (Fsp3) is 0.286. The first-order valence-corrected chi connectivity index (χ1v) is 10.9. The number of hydrogen-bond acceptors (Lipinski definition) is 5. The Kier molecular flexibility index (Phi) is 4.22. The Hall–Kier alpha value is -2.81. The van der Waals surface area contributed by atoms with Gasteiger partial charge in [0.15, 0.2) is 0 Å². The first kappa shape index (κ1) is 19.2. The molecular weight excluding hydrogens is 417 g/mol. The van der Waals surface area contributed by atoms with Gasteiger partial charge in [0, 0.05) is 30.6 Å². The van der Waals surface area contributed by atoms with Gasteiger partial charge in [-0.3, -0.25) is 4.98 Å². The Morgan fingerprint density at radius 2 is 1.93 bits per heavy atom. The molecule has 0 saturated carbocycles. The van der Waals surface area contributed by atoms with E-state index in [0.29, 0.717) is 24.6 Å². The fourth-order valence-corrected chi connectivity index (χ4v) is 5.53. The first-order valence-electron chi connectivity index (χ1n) is 9.44. The molecule has 0 amide bonds. The van der Waals surface area contributed by atoms with Gasteiger partial charge in [-0.15, -0.1) is 0 Å². The van der Waals surface area contributed by atoms with Crippen LogP contribution in [0, 0.1) is 0 Å². The summed E-state index contributed by atoms with van der Waals surface area (Å²) in [5.41, 5.74) is 0.996. The first-order chi connectivity index (χ1) is 14.2. The maximum Gasteiger partial charge on any atom is 0.417 e. The number of benzene rings is 1. The van der Waals surface area contributed by atoms with Crippen molar-refractivity contribution < 1.29 is 26.3 Å². The van der Waals surface area contributed by atoms with E-state index in [0.717, 1.165) is 24.7 Å². The number of ether oxygens (including phenoxy) is 1. The SMILES string of the molecule is O=S(=O)(c1cncc(C(F)(F)F)c1)c1ccc2c(c1)OCC1C2CCN1C1=CC=C1. The summed E-state index contributed by atoms with van der Waals surface area (Å²) in [5.74, 6) is 0.688. The second-order valence-electron chi connectivity index (χ2n) is 7.53. The van der Waals surface area contributed by atoms with Crippen molar-refractivity contribution in [3.8, 4) is 5.75 Å². The minimum Gasteiger partial charge on any atom is -0.491 e. The van der Waals surface area contributed by atoms with Crippen LogP contribution in [0.15, 0.2) is 70.4 Å². The number of halogens is 3. The zero-order chi connectivity index (χ0) is 21.1. The average Bonchev–Trinajstić information content (AvgIpc) is 3.09. The van der Waals surface area contributed by atoms with E-state index in [2.05, 4.69) is 22.0 Å². The molecule has 5 rings (SSSR count). The van der Waals surface area contributed by atoms with Gasteiger partial charge < -0.3 is 9.64 Å². The van der Waals surface area contributed by atoms with Gasteiger partial charge >= 0.3 is 6.18 Å². The van der Waals surface area contributed by atoms with Crippen LogP contribution in [0.2, 0.25) is 0 Å². The van der Waals surface area contributed by atoms with Crippen LogP contribution < -0.4 is 4.74 Å². The summed E-state index contributed by atoms with van der Waals surface area (Å²) in [4.78, 5) is 5.15. The van der Waals surface area contributed by atoms with E-state index < -0.39 is 26.5 Å². The van der Waals surface area contributed by atoms with E-state index in [1.54, 1.807) is 6.07 Å². The number of alkyl halides is 3. The number of rotatable bonds is 3. The Bertz CT molecular complexity index is 1190. The van der Waals surface area contributed by atoms with Gasteiger partial charge in [0.2, 0.25) is 9.84 Å². The van der Waals surface area contributed by atoms with Gasteiger partial charge in [-0.1, -0.05) is 12.1 Å². The lowest BCUT2D eigenvalue weighted by molar-refractivity contribution is -0.138. The van der Waals surface area contributed by atoms with Gasteiger partial charge in [0.1, 0.15) is 12.4 Å². The lowest BCUT2D eigenvalue weighted by Gasteiger charge is -2.36. The molecule has 1 aromatic heterocycles. The summed E-state index contributed by atoms with van der Waals surface area (Å²) in [7, 11) is -4.17. The maximum absolute atomic E-state index is 13.0. The van der Waals surface area contributed by atoms with Crippen LogP contribution in [0.25, 0.3) is 0 Å². The molecule has 3 aliphatic rings. The highest BCUT2D eigenvalue weighted by atomic mass is 32.2. The normalized spacial score (nSPS) is 22.6. The van der Waals surface area contributed by atoms with Crippen molar-refractivity contribution in [3.05, 3.63) is 71.7 Å². The van der Waals surface area contributed by atoms with Crippen molar-refractivity contribution in [2.75, 3.05) is 13.2 Å². The molecule has 0 spiro atoms. The second-order valence-corrected chi connectivity index (χ2v) is 9.48. The number of nitrogens with zero attached hydrogens (tertiary/aromatic N) is 2. The number of fused-ring (bicyclic) bond motifs is 3. The van der Waals surface area contributed by atoms with Gasteiger partial charge in [-0.05, 0) is 42.3 Å². The van der Waals surface area contributed by atoms with Crippen LogP contribution in [0.4, 0.5) is 13.2 Å². The monoisotopic (exact) mass is 434 g/mol. The molecule has 0 radical (unpaired) electrons. The molecule has 1 aliphatic carbocycles. The number of pyridine rings is 1. The molecule has 0 bridgehead atoms. The molecule has 9 heteroatoms. The van der Waals surface area contributed by atoms with Crippen LogP contribution in [0.3, 0.4) is 0 Å². The summed E-state index contributed by atoms with van der Waals surface area (Å²) < 4.78 is 70.6. The van der Waals surface area contributed by atoms with Crippen LogP contribution in [0.5, 0.6) is 5.75 Å². The van der Waals surface area contributed by atoms with Crippen molar-refractivity contribution >= 4 is 9.84 Å². The molecule has 2 aliphatic heterocycles. The fourth-order valence-electron chi connectivity index (χ4n) is 4.26. The molecule has 0 N–H and O–H groups in total. The quantitative estimate of drug-likeness (QED) is 0.733. The van der Waals surface area contributed by atoms with Crippen molar-refractivity contribution in [1.82, 2.24) is 9.88 Å². The third kappa shape index (κ3) is 2.99. The lowest BCUT2D eigenvalue weighted by Crippen LogP contribution is -2.39. The predicted octanol–water partition coefficient (Wildman–Crippen LogP) is 3.94. The van der Waals surface area contributed by atoms with Gasteiger partial charge in [-0.2, -0.15) is 13.2 Å². The molecule has 156 valence electrons. The molecule has 3 heterocycles. The molecule has 5 nitrogen and oxygen atoms in total. The van der Waals surface area contributed by atoms with Crippen LogP contribution in [-0.2, 0) is 16.0 Å². The Balaban J connectivity index is 1.47. The summed E-state index contributed by atoms with van der Waals surface area (Å²) in [5, 5.41) is 0. The Labute approximate surface area is 171 Å². The molecule has 1 fully saturated rings. The third-order valence-corrected chi connectivity index (χ3v) is 7.59. The van der Waals surface area contributed by atoms with Crippen molar-refractivity contribution in [3.63, 3.8) is 0 Å². The maximum atomic E-state index is 13.0. The predicted molar refractivity (Wildman–Crippen MR) is 102 cm³/mol. The molecule has 2 unspecified atom stereocenters. The molecule has 1 saturated heterocycles. The molecule has 30 heavy (non-hydrogen) atoms. The average molecular weight is 434 g/mol. The summed E-state index contributed by atoms with van der Waals surface area (Å²) in [6.45, 7) is 1.32. The highest BCUT2D eigenvalue weighted by Crippen LogP contribution is 2.45. The second kappa shape index (κ2) is 6.60. The van der Waals surface area contributed by atoms with Crippen LogP contribution in [-0.4, -0.2) is 37.5 Å². The Morgan fingerprint density at radius 3 is 2.63 bits per heavy atom. The van der Waals surface area contributed by atoms with Crippen molar-refractivity contribution in [1.29, 1.82) is 0 Å². The van der Waals surface area contributed by atoms with Crippen LogP contribution in [0.1, 0.15) is 23.5 Å². The number of sulfone groups is 1. The summed E-state index contributed by atoms with van der Waals surface area (Å²) in [6.07, 6.45) is 3.87. The standard InChI is InChI=1S/C21H17F3N2O3S/c22-21(23,24)13-8-16(11-25-10-13)30(27,28)15-4-5-18-17-6-7-26(14-2-1-3-14)19(17)12-29-20(18)9-15/h1-5,8-11,17,19H,6-7,12H2. The largest absolute Gasteiger partial charge is 0.491 e. The lowest BCUT2D eigenvalue weighted by atomic mass is 9.89. The molecule has 2 atom stereocenters. The minimum absolute atomic E-state index is 0.111. The van der Waals surface area contributed by atoms with E-state index in [-0.39, 0.29) is 16.9 Å². The van der Waals surface area contributed by atoms with E-state index in [1.165, 1.54) is 17.8 Å². The number of aromatic nitrogens is 1. The Morgan fingerprint density at radius 1 is 1.13 bits per heavy atom. The smallest absolute Gasteiger partial charge is 0.417 e.